The fraction of sp³-hybridized carbons (Fsp3) is 0.724. The molecule has 0 heterocycles. The van der Waals surface area contributed by atoms with Gasteiger partial charge in [0, 0.05) is 37.3 Å². The van der Waals surface area contributed by atoms with E-state index in [2.05, 4.69) is 44.6 Å². The van der Waals surface area contributed by atoms with E-state index in [4.69, 9.17) is 28.4 Å². The molecule has 0 aromatic carbocycles. The fourth-order valence-electron chi connectivity index (χ4n) is 4.86. The molecular weight excluding hydrogens is 536 g/mol. The second kappa shape index (κ2) is 18.3. The van der Waals surface area contributed by atoms with E-state index in [1.807, 2.05) is 0 Å². The molecule has 1 saturated carbocycles. The minimum absolute atomic E-state index is 0.0598. The number of carbonyl (C=O) groups is 4. The third-order valence-electron chi connectivity index (χ3n) is 6.20. The third-order valence-corrected chi connectivity index (χ3v) is 6.20. The van der Waals surface area contributed by atoms with E-state index < -0.39 is 30.2 Å². The average Bonchev–Trinajstić information content (AvgIpc) is 2.87. The van der Waals surface area contributed by atoms with Crippen LogP contribution < -0.4 is 10.6 Å². The van der Waals surface area contributed by atoms with Crippen LogP contribution in [0.1, 0.15) is 60.3 Å². The van der Waals surface area contributed by atoms with Gasteiger partial charge in [-0.1, -0.05) is 33.9 Å². The fourth-order valence-corrected chi connectivity index (χ4v) is 4.86. The maximum Gasteiger partial charge on any atom is 0.407 e. The molecule has 0 radical (unpaired) electrons. The van der Waals surface area contributed by atoms with E-state index in [-0.39, 0.29) is 56.5 Å². The summed E-state index contributed by atoms with van der Waals surface area (Å²) in [6, 6.07) is -0.123. The molecule has 2 N–H and O–H groups in total. The molecule has 0 aromatic rings. The summed E-state index contributed by atoms with van der Waals surface area (Å²) in [6.07, 6.45) is 2.43. The number of nitrogens with one attached hydrogen (secondary N) is 2. The van der Waals surface area contributed by atoms with Crippen LogP contribution in [0, 0.1) is 10.8 Å². The van der Waals surface area contributed by atoms with E-state index in [1.54, 1.807) is 13.8 Å². The topological polar surface area (TPSA) is 148 Å². The first-order chi connectivity index (χ1) is 19.2. The summed E-state index contributed by atoms with van der Waals surface area (Å²) in [7, 11) is 0. The molecule has 41 heavy (non-hydrogen) atoms. The van der Waals surface area contributed by atoms with Gasteiger partial charge in [-0.05, 0) is 43.9 Å². The number of hydrogen-bond donors (Lipinski definition) is 2. The molecule has 0 aliphatic heterocycles. The van der Waals surface area contributed by atoms with Crippen molar-refractivity contribution in [2.45, 2.75) is 72.4 Å². The summed E-state index contributed by atoms with van der Waals surface area (Å²) in [5.41, 5.74) is 0.0120. The van der Waals surface area contributed by atoms with Gasteiger partial charge in [0.2, 0.25) is 0 Å². The second-order valence-electron chi connectivity index (χ2n) is 11.4. The molecule has 0 saturated heterocycles. The minimum Gasteiger partial charge on any atom is -0.460 e. The lowest BCUT2D eigenvalue weighted by Gasteiger charge is -2.46. The first kappa shape index (κ1) is 35.9. The van der Waals surface area contributed by atoms with Crippen molar-refractivity contribution in [3.63, 3.8) is 0 Å². The minimum atomic E-state index is -0.533. The summed E-state index contributed by atoms with van der Waals surface area (Å²) in [5.74, 6) is -0.977. The Balaban J connectivity index is 2.29. The van der Waals surface area contributed by atoms with Crippen LogP contribution in [0.5, 0.6) is 0 Å². The molecule has 12 nitrogen and oxygen atoms in total. The molecule has 12 heteroatoms. The van der Waals surface area contributed by atoms with Gasteiger partial charge in [0.15, 0.2) is 0 Å². The Morgan fingerprint density at radius 1 is 0.927 bits per heavy atom. The third kappa shape index (κ3) is 16.7. The molecule has 2 amide bonds. The molecule has 1 aliphatic carbocycles. The molecule has 0 bridgehead atoms. The van der Waals surface area contributed by atoms with E-state index in [9.17, 15) is 19.2 Å². The maximum absolute atomic E-state index is 12.3. The molecule has 1 fully saturated rings. The molecule has 3 unspecified atom stereocenters. The molecule has 0 aromatic heterocycles. The van der Waals surface area contributed by atoms with Crippen molar-refractivity contribution >= 4 is 24.1 Å². The van der Waals surface area contributed by atoms with Crippen LogP contribution in [0.15, 0.2) is 24.8 Å². The van der Waals surface area contributed by atoms with Crippen LogP contribution in [0.4, 0.5) is 9.59 Å². The number of amides is 2. The Kier molecular flexibility index (Phi) is 16.1. The van der Waals surface area contributed by atoms with Crippen LogP contribution in [-0.4, -0.2) is 89.1 Å². The zero-order valence-electron chi connectivity index (χ0n) is 25.2. The molecule has 1 rings (SSSR count). The highest BCUT2D eigenvalue weighted by Gasteiger charge is 2.42. The standard InChI is InChI=1S/C29H48N2O10/c1-8-24(32)38-14-12-36-13-15-40-27(35)31-23-16-28(5,6)19-29(7,17-23)20-30-26(34)39-11-9-10-37-18-22(4)41-25(33)21(2)3/h8,22-23H,1-2,9-20H2,3-7H3,(H,30,34)(H,31,35). The quantitative estimate of drug-likeness (QED) is 0.106. The van der Waals surface area contributed by atoms with Gasteiger partial charge in [-0.15, -0.1) is 0 Å². The highest BCUT2D eigenvalue weighted by atomic mass is 16.6. The number of esters is 2. The van der Waals surface area contributed by atoms with Crippen molar-refractivity contribution in [3.05, 3.63) is 24.8 Å². The smallest absolute Gasteiger partial charge is 0.407 e. The van der Waals surface area contributed by atoms with Gasteiger partial charge < -0.3 is 39.1 Å². The molecule has 0 spiro atoms. The van der Waals surface area contributed by atoms with Gasteiger partial charge in [-0.25, -0.2) is 19.2 Å². The van der Waals surface area contributed by atoms with E-state index in [1.165, 1.54) is 0 Å². The molecule has 234 valence electrons. The Bertz CT molecular complexity index is 891. The number of ether oxygens (including phenoxy) is 6. The van der Waals surface area contributed by atoms with Crippen molar-refractivity contribution in [1.29, 1.82) is 0 Å². The average molecular weight is 585 g/mol. The summed E-state index contributed by atoms with van der Waals surface area (Å²) >= 11 is 0. The van der Waals surface area contributed by atoms with Gasteiger partial charge in [-0.2, -0.15) is 0 Å². The Morgan fingerprint density at radius 3 is 2.24 bits per heavy atom. The van der Waals surface area contributed by atoms with Crippen LogP contribution in [0.25, 0.3) is 0 Å². The summed E-state index contributed by atoms with van der Waals surface area (Å²) in [6.45, 7) is 18.2. The van der Waals surface area contributed by atoms with Crippen LogP contribution in [-0.2, 0) is 38.0 Å². The van der Waals surface area contributed by atoms with Crippen molar-refractivity contribution in [2.24, 2.45) is 10.8 Å². The largest absolute Gasteiger partial charge is 0.460 e. The highest BCUT2D eigenvalue weighted by molar-refractivity contribution is 5.87. The van der Waals surface area contributed by atoms with Crippen molar-refractivity contribution in [1.82, 2.24) is 10.6 Å². The summed E-state index contributed by atoms with van der Waals surface area (Å²) in [4.78, 5) is 47.0. The Morgan fingerprint density at radius 2 is 1.59 bits per heavy atom. The summed E-state index contributed by atoms with van der Waals surface area (Å²) in [5, 5.41) is 5.78. The highest BCUT2D eigenvalue weighted by Crippen LogP contribution is 2.45. The lowest BCUT2D eigenvalue weighted by molar-refractivity contribution is -0.146. The normalized spacial score (nSPS) is 20.2. The van der Waals surface area contributed by atoms with Gasteiger partial charge in [0.05, 0.1) is 26.4 Å². The Hall–Kier alpha value is -3.12. The van der Waals surface area contributed by atoms with Gasteiger partial charge in [0.25, 0.3) is 0 Å². The SMILES string of the molecule is C=CC(=O)OCCOCCOC(=O)NC1CC(C)(C)CC(C)(CNC(=O)OCCCOCC(C)OC(=O)C(=C)C)C1. The predicted octanol–water partition coefficient (Wildman–Crippen LogP) is 3.68. The monoisotopic (exact) mass is 584 g/mol. The predicted molar refractivity (Wildman–Crippen MR) is 151 cm³/mol. The first-order valence-electron chi connectivity index (χ1n) is 13.9. The van der Waals surface area contributed by atoms with Crippen LogP contribution in [0.2, 0.25) is 0 Å². The molecule has 3 atom stereocenters. The number of alkyl carbamates (subject to hydrolysis) is 2. The zero-order valence-corrected chi connectivity index (χ0v) is 25.2. The van der Waals surface area contributed by atoms with E-state index >= 15 is 0 Å². The van der Waals surface area contributed by atoms with Crippen molar-refractivity contribution < 1.29 is 47.6 Å². The molecular formula is C29H48N2O10. The van der Waals surface area contributed by atoms with Crippen molar-refractivity contribution in [3.8, 4) is 0 Å². The van der Waals surface area contributed by atoms with E-state index in [0.717, 1.165) is 18.9 Å². The van der Waals surface area contributed by atoms with Crippen LogP contribution >= 0.6 is 0 Å². The Labute approximate surface area is 243 Å². The van der Waals surface area contributed by atoms with Gasteiger partial charge in [0.1, 0.15) is 19.3 Å². The number of hydrogen-bond acceptors (Lipinski definition) is 10. The van der Waals surface area contributed by atoms with Crippen molar-refractivity contribution in [2.75, 3.05) is 52.8 Å². The summed E-state index contributed by atoms with van der Waals surface area (Å²) < 4.78 is 31.1. The first-order valence-corrected chi connectivity index (χ1v) is 13.9. The maximum atomic E-state index is 12.3. The van der Waals surface area contributed by atoms with Gasteiger partial charge in [-0.3, -0.25) is 0 Å². The second-order valence-corrected chi connectivity index (χ2v) is 11.4. The van der Waals surface area contributed by atoms with E-state index in [0.29, 0.717) is 31.6 Å². The lowest BCUT2D eigenvalue weighted by Crippen LogP contribution is -2.50. The number of rotatable bonds is 18. The van der Waals surface area contributed by atoms with Crippen LogP contribution in [0.3, 0.4) is 0 Å². The van der Waals surface area contributed by atoms with Gasteiger partial charge >= 0.3 is 24.1 Å². The zero-order chi connectivity index (χ0) is 30.9. The molecule has 1 aliphatic rings. The lowest BCUT2D eigenvalue weighted by atomic mass is 9.62. The number of carbonyl (C=O) groups excluding carboxylic acids is 4.